The molecule has 0 aromatic carbocycles. The number of carbonyl (C=O) groups excluding carboxylic acids is 1. The molecule has 7 heteroatoms. The number of rotatable bonds is 2. The van der Waals surface area contributed by atoms with Gasteiger partial charge in [-0.15, -0.1) is 0 Å². The number of hydrogen-bond donors (Lipinski definition) is 1. The molecule has 3 heterocycles. The smallest absolute Gasteiger partial charge is 0.234 e. The maximum atomic E-state index is 11.4. The van der Waals surface area contributed by atoms with Crippen LogP contribution >= 0.6 is 15.9 Å². The maximum absolute atomic E-state index is 11.4. The van der Waals surface area contributed by atoms with Gasteiger partial charge >= 0.3 is 0 Å². The van der Waals surface area contributed by atoms with Crippen LogP contribution in [0, 0.1) is 11.3 Å². The van der Waals surface area contributed by atoms with Gasteiger partial charge in [-0.25, -0.2) is 4.98 Å². The lowest BCUT2D eigenvalue weighted by Gasteiger charge is -2.47. The molecule has 0 atom stereocenters. The molecule has 2 aliphatic heterocycles. The van der Waals surface area contributed by atoms with Crippen LogP contribution in [0.15, 0.2) is 16.7 Å². The first-order chi connectivity index (χ1) is 9.67. The SMILES string of the molecule is N#Cc1cc(Br)cnc1N1CC(N2CCNC(=O)C2)C1. The lowest BCUT2D eigenvalue weighted by molar-refractivity contribution is -0.125. The van der Waals surface area contributed by atoms with Gasteiger partial charge in [0.2, 0.25) is 5.91 Å². The van der Waals surface area contributed by atoms with Gasteiger partial charge in [-0.2, -0.15) is 5.26 Å². The first-order valence-electron chi connectivity index (χ1n) is 6.48. The Kier molecular flexibility index (Phi) is 3.59. The van der Waals surface area contributed by atoms with Crippen LogP contribution in [0.4, 0.5) is 5.82 Å². The van der Waals surface area contributed by atoms with Crippen LogP contribution in [0.3, 0.4) is 0 Å². The number of nitriles is 1. The minimum absolute atomic E-state index is 0.0918. The Morgan fingerprint density at radius 2 is 2.30 bits per heavy atom. The van der Waals surface area contributed by atoms with Crippen molar-refractivity contribution in [2.24, 2.45) is 0 Å². The summed E-state index contributed by atoms with van der Waals surface area (Å²) in [5.41, 5.74) is 0.578. The molecule has 1 amide bonds. The fourth-order valence-corrected chi connectivity index (χ4v) is 2.93. The molecule has 1 N–H and O–H groups in total. The van der Waals surface area contributed by atoms with Gasteiger partial charge < -0.3 is 10.2 Å². The van der Waals surface area contributed by atoms with Crippen LogP contribution in [-0.4, -0.2) is 54.6 Å². The Bertz CT molecular complexity index is 579. The summed E-state index contributed by atoms with van der Waals surface area (Å²) in [4.78, 5) is 20.0. The molecule has 1 aromatic heterocycles. The number of anilines is 1. The molecule has 20 heavy (non-hydrogen) atoms. The van der Waals surface area contributed by atoms with Crippen molar-refractivity contribution >= 4 is 27.7 Å². The number of nitrogens with zero attached hydrogens (tertiary/aromatic N) is 4. The summed E-state index contributed by atoms with van der Waals surface area (Å²) >= 11 is 3.32. The number of hydrogen-bond acceptors (Lipinski definition) is 5. The molecular formula is C13H14BrN5O. The van der Waals surface area contributed by atoms with Crippen molar-refractivity contribution in [3.63, 3.8) is 0 Å². The van der Waals surface area contributed by atoms with Crippen molar-refractivity contribution in [3.05, 3.63) is 22.3 Å². The molecule has 0 aliphatic carbocycles. The molecule has 2 fully saturated rings. The zero-order valence-corrected chi connectivity index (χ0v) is 12.4. The van der Waals surface area contributed by atoms with Crippen molar-refractivity contribution in [2.45, 2.75) is 6.04 Å². The standard InChI is InChI=1S/C13H14BrN5O/c14-10-3-9(4-15)13(17-5-10)19-6-11(7-19)18-2-1-16-12(20)8-18/h3,5,11H,1-2,6-8H2,(H,16,20). The van der Waals surface area contributed by atoms with E-state index in [4.69, 9.17) is 5.26 Å². The van der Waals surface area contributed by atoms with Gasteiger partial charge in [-0.1, -0.05) is 0 Å². The normalized spacial score (nSPS) is 20.2. The van der Waals surface area contributed by atoms with Crippen LogP contribution in [-0.2, 0) is 4.79 Å². The zero-order chi connectivity index (χ0) is 14.1. The molecule has 3 rings (SSSR count). The highest BCUT2D eigenvalue weighted by Crippen LogP contribution is 2.26. The van der Waals surface area contributed by atoms with Gasteiger partial charge in [0.15, 0.2) is 0 Å². The van der Waals surface area contributed by atoms with E-state index in [1.165, 1.54) is 0 Å². The minimum Gasteiger partial charge on any atom is -0.354 e. The average molecular weight is 336 g/mol. The highest BCUT2D eigenvalue weighted by atomic mass is 79.9. The van der Waals surface area contributed by atoms with Crippen LogP contribution < -0.4 is 10.2 Å². The summed E-state index contributed by atoms with van der Waals surface area (Å²) in [6.07, 6.45) is 1.71. The van der Waals surface area contributed by atoms with Crippen LogP contribution in [0.1, 0.15) is 5.56 Å². The molecule has 1 aromatic rings. The van der Waals surface area contributed by atoms with Crippen molar-refractivity contribution in [3.8, 4) is 6.07 Å². The molecule has 6 nitrogen and oxygen atoms in total. The Morgan fingerprint density at radius 1 is 1.50 bits per heavy atom. The average Bonchev–Trinajstić information content (AvgIpc) is 2.38. The Balaban J connectivity index is 1.66. The highest BCUT2D eigenvalue weighted by Gasteiger charge is 2.35. The third kappa shape index (κ3) is 2.49. The van der Waals surface area contributed by atoms with Gasteiger partial charge in [0, 0.05) is 42.9 Å². The summed E-state index contributed by atoms with van der Waals surface area (Å²) in [6.45, 7) is 3.71. The Morgan fingerprint density at radius 3 is 3.00 bits per heavy atom. The van der Waals surface area contributed by atoms with E-state index in [0.717, 1.165) is 36.5 Å². The number of amides is 1. The summed E-state index contributed by atoms with van der Waals surface area (Å²) < 4.78 is 0.808. The fraction of sp³-hybridized carbons (Fsp3) is 0.462. The van der Waals surface area contributed by atoms with Crippen LogP contribution in [0.25, 0.3) is 0 Å². The molecule has 2 saturated heterocycles. The molecule has 0 bridgehead atoms. The van der Waals surface area contributed by atoms with Gasteiger partial charge in [-0.3, -0.25) is 9.69 Å². The number of carbonyl (C=O) groups is 1. The van der Waals surface area contributed by atoms with Gasteiger partial charge in [0.1, 0.15) is 11.9 Å². The highest BCUT2D eigenvalue weighted by molar-refractivity contribution is 9.10. The molecule has 104 valence electrons. The number of piperazine rings is 1. The van der Waals surface area contributed by atoms with Crippen molar-refractivity contribution in [1.82, 2.24) is 15.2 Å². The van der Waals surface area contributed by atoms with Crippen LogP contribution in [0.5, 0.6) is 0 Å². The minimum atomic E-state index is 0.0918. The largest absolute Gasteiger partial charge is 0.354 e. The van der Waals surface area contributed by atoms with Crippen LogP contribution in [0.2, 0.25) is 0 Å². The van der Waals surface area contributed by atoms with Gasteiger partial charge in [0.25, 0.3) is 0 Å². The molecule has 0 unspecified atom stereocenters. The van der Waals surface area contributed by atoms with E-state index in [9.17, 15) is 4.79 Å². The second-order valence-electron chi connectivity index (χ2n) is 5.02. The predicted molar refractivity (Wildman–Crippen MR) is 77.2 cm³/mol. The monoisotopic (exact) mass is 335 g/mol. The van der Waals surface area contributed by atoms with E-state index in [-0.39, 0.29) is 5.91 Å². The third-order valence-electron chi connectivity index (χ3n) is 3.70. The lowest BCUT2D eigenvalue weighted by atomic mass is 10.1. The first kappa shape index (κ1) is 13.3. The summed E-state index contributed by atoms with van der Waals surface area (Å²) in [7, 11) is 0. The second-order valence-corrected chi connectivity index (χ2v) is 5.93. The maximum Gasteiger partial charge on any atom is 0.234 e. The van der Waals surface area contributed by atoms with E-state index < -0.39 is 0 Å². The van der Waals surface area contributed by atoms with E-state index in [1.54, 1.807) is 12.3 Å². The molecule has 0 spiro atoms. The van der Waals surface area contributed by atoms with Gasteiger partial charge in [-0.05, 0) is 22.0 Å². The first-order valence-corrected chi connectivity index (χ1v) is 7.28. The molecule has 2 aliphatic rings. The topological polar surface area (TPSA) is 72.3 Å². The summed E-state index contributed by atoms with van der Waals surface area (Å²) in [6, 6.07) is 4.33. The Labute approximate surface area is 125 Å². The third-order valence-corrected chi connectivity index (χ3v) is 4.13. The van der Waals surface area contributed by atoms with Crippen molar-refractivity contribution < 1.29 is 4.79 Å². The second kappa shape index (κ2) is 5.38. The quantitative estimate of drug-likeness (QED) is 0.843. The number of halogens is 1. The van der Waals surface area contributed by atoms with Crippen molar-refractivity contribution in [1.29, 1.82) is 5.26 Å². The van der Waals surface area contributed by atoms with E-state index >= 15 is 0 Å². The zero-order valence-electron chi connectivity index (χ0n) is 10.8. The molecule has 0 radical (unpaired) electrons. The number of pyridine rings is 1. The predicted octanol–water partition coefficient (Wildman–Crippen LogP) is 0.336. The fourth-order valence-electron chi connectivity index (χ4n) is 2.60. The van der Waals surface area contributed by atoms with E-state index in [2.05, 4.69) is 42.1 Å². The summed E-state index contributed by atoms with van der Waals surface area (Å²) in [5.74, 6) is 0.822. The lowest BCUT2D eigenvalue weighted by Crippen LogP contribution is -2.64. The Hall–Kier alpha value is -1.65. The summed E-state index contributed by atoms with van der Waals surface area (Å²) in [5, 5.41) is 12.0. The van der Waals surface area contributed by atoms with Gasteiger partial charge in [0.05, 0.1) is 12.1 Å². The van der Waals surface area contributed by atoms with Crippen molar-refractivity contribution in [2.75, 3.05) is 37.6 Å². The molecule has 0 saturated carbocycles. The number of aromatic nitrogens is 1. The number of nitrogens with one attached hydrogen (secondary N) is 1. The molecular weight excluding hydrogens is 322 g/mol. The van der Waals surface area contributed by atoms with E-state index in [0.29, 0.717) is 18.2 Å². The van der Waals surface area contributed by atoms with E-state index in [1.807, 2.05) is 0 Å².